The molecule has 2 aromatic carbocycles. The van der Waals surface area contributed by atoms with Gasteiger partial charge >= 0.3 is 0 Å². The number of aryl methyl sites for hydroxylation is 1. The summed E-state index contributed by atoms with van der Waals surface area (Å²) >= 11 is 0. The molecule has 1 atom stereocenters. The van der Waals surface area contributed by atoms with Gasteiger partial charge in [-0.05, 0) is 62.1 Å². The molecule has 0 aromatic heterocycles. The van der Waals surface area contributed by atoms with E-state index in [0.29, 0.717) is 23.2 Å². The first-order chi connectivity index (χ1) is 12.8. The van der Waals surface area contributed by atoms with Crippen LogP contribution >= 0.6 is 0 Å². The Hall–Kier alpha value is -2.95. The predicted octanol–water partition coefficient (Wildman–Crippen LogP) is 3.98. The average Bonchev–Trinajstić information content (AvgIpc) is 2.61. The maximum atomic E-state index is 12.7. The number of hydrogen-bond acceptors (Lipinski definition) is 3. The van der Waals surface area contributed by atoms with Crippen molar-refractivity contribution in [1.82, 2.24) is 5.32 Å². The van der Waals surface area contributed by atoms with Gasteiger partial charge < -0.3 is 10.6 Å². The highest BCUT2D eigenvalue weighted by Crippen LogP contribution is 2.14. The van der Waals surface area contributed by atoms with Crippen molar-refractivity contribution in [3.63, 3.8) is 0 Å². The van der Waals surface area contributed by atoms with Crippen LogP contribution in [-0.4, -0.2) is 23.6 Å². The van der Waals surface area contributed by atoms with E-state index in [1.807, 2.05) is 32.9 Å². The van der Waals surface area contributed by atoms with Crippen LogP contribution in [0.1, 0.15) is 53.5 Å². The fraction of sp³-hybridized carbons (Fsp3) is 0.318. The van der Waals surface area contributed by atoms with Crippen LogP contribution in [-0.2, 0) is 4.79 Å². The lowest BCUT2D eigenvalue weighted by Crippen LogP contribution is -2.44. The average molecular weight is 366 g/mol. The first kappa shape index (κ1) is 20.4. The molecule has 27 heavy (non-hydrogen) atoms. The summed E-state index contributed by atoms with van der Waals surface area (Å²) in [6, 6.07) is 13.3. The van der Waals surface area contributed by atoms with Gasteiger partial charge in [-0.2, -0.15) is 0 Å². The van der Waals surface area contributed by atoms with Gasteiger partial charge in [0.05, 0.1) is 0 Å². The van der Waals surface area contributed by atoms with Gasteiger partial charge in [-0.3, -0.25) is 14.4 Å². The van der Waals surface area contributed by atoms with Crippen molar-refractivity contribution >= 4 is 23.3 Å². The second kappa shape index (κ2) is 9.12. The third-order valence-electron chi connectivity index (χ3n) is 4.28. The first-order valence-electron chi connectivity index (χ1n) is 9.06. The minimum atomic E-state index is -0.649. The fourth-order valence-corrected chi connectivity index (χ4v) is 2.78. The minimum Gasteiger partial charge on any atom is -0.340 e. The molecule has 0 aliphatic heterocycles. The molecule has 5 nitrogen and oxygen atoms in total. The van der Waals surface area contributed by atoms with Crippen LogP contribution in [0.15, 0.2) is 48.5 Å². The summed E-state index contributed by atoms with van der Waals surface area (Å²) in [4.78, 5) is 36.7. The third kappa shape index (κ3) is 5.78. The number of rotatable bonds is 7. The number of hydrogen-bond donors (Lipinski definition) is 2. The lowest BCUT2D eigenvalue weighted by atomic mass is 10.0. The van der Waals surface area contributed by atoms with Crippen molar-refractivity contribution in [2.75, 3.05) is 5.32 Å². The van der Waals surface area contributed by atoms with Crippen LogP contribution in [0.2, 0.25) is 0 Å². The minimum absolute atomic E-state index is 0.0314. The van der Waals surface area contributed by atoms with E-state index in [1.54, 1.807) is 36.4 Å². The Balaban J connectivity index is 2.12. The standard InChI is InChI=1S/C22H26N2O3/c1-14(2)13-20(24-21(26)19-8-6-5-7-15(19)3)22(27)23-18-11-9-17(10-12-18)16(4)25/h5-12,14,20H,13H2,1-4H3,(H,23,27)(H,24,26). The summed E-state index contributed by atoms with van der Waals surface area (Å²) in [6.45, 7) is 7.36. The van der Waals surface area contributed by atoms with E-state index in [-0.39, 0.29) is 23.5 Å². The largest absolute Gasteiger partial charge is 0.340 e. The normalized spacial score (nSPS) is 11.7. The van der Waals surface area contributed by atoms with Gasteiger partial charge in [0.1, 0.15) is 6.04 Å². The second-order valence-corrected chi connectivity index (χ2v) is 7.09. The molecule has 0 radical (unpaired) electrons. The summed E-state index contributed by atoms with van der Waals surface area (Å²) in [5.74, 6) is -0.337. The number of nitrogens with one attached hydrogen (secondary N) is 2. The van der Waals surface area contributed by atoms with Gasteiger partial charge in [-0.1, -0.05) is 32.0 Å². The van der Waals surface area contributed by atoms with Crippen LogP contribution < -0.4 is 10.6 Å². The predicted molar refractivity (Wildman–Crippen MR) is 107 cm³/mol. The zero-order valence-corrected chi connectivity index (χ0v) is 16.2. The molecule has 1 unspecified atom stereocenters. The van der Waals surface area contributed by atoms with Crippen LogP contribution in [0.4, 0.5) is 5.69 Å². The Morgan fingerprint density at radius 3 is 2.15 bits per heavy atom. The van der Waals surface area contributed by atoms with E-state index < -0.39 is 6.04 Å². The molecule has 0 saturated carbocycles. The highest BCUT2D eigenvalue weighted by molar-refractivity contribution is 6.02. The zero-order chi connectivity index (χ0) is 20.0. The third-order valence-corrected chi connectivity index (χ3v) is 4.28. The highest BCUT2D eigenvalue weighted by atomic mass is 16.2. The van der Waals surface area contributed by atoms with Crippen molar-refractivity contribution < 1.29 is 14.4 Å². The van der Waals surface area contributed by atoms with E-state index >= 15 is 0 Å². The Bertz CT molecular complexity index is 826. The van der Waals surface area contributed by atoms with E-state index in [0.717, 1.165) is 5.56 Å². The Labute approximate surface area is 160 Å². The van der Waals surface area contributed by atoms with Gasteiger partial charge in [0.15, 0.2) is 5.78 Å². The summed E-state index contributed by atoms with van der Waals surface area (Å²) in [7, 11) is 0. The molecule has 2 aromatic rings. The summed E-state index contributed by atoms with van der Waals surface area (Å²) in [6.07, 6.45) is 0.523. The lowest BCUT2D eigenvalue weighted by Gasteiger charge is -2.21. The number of carbonyl (C=O) groups excluding carboxylic acids is 3. The zero-order valence-electron chi connectivity index (χ0n) is 16.2. The van der Waals surface area contributed by atoms with Crippen molar-refractivity contribution in [3.05, 3.63) is 65.2 Å². The number of ketones is 1. The smallest absolute Gasteiger partial charge is 0.252 e. The van der Waals surface area contributed by atoms with Crippen LogP contribution in [0.5, 0.6) is 0 Å². The second-order valence-electron chi connectivity index (χ2n) is 7.09. The van der Waals surface area contributed by atoms with E-state index in [9.17, 15) is 14.4 Å². The SMILES string of the molecule is CC(=O)c1ccc(NC(=O)C(CC(C)C)NC(=O)c2ccccc2C)cc1. The van der Waals surface area contributed by atoms with Gasteiger partial charge in [-0.15, -0.1) is 0 Å². The van der Waals surface area contributed by atoms with Gasteiger partial charge in [0.25, 0.3) is 5.91 Å². The molecule has 0 aliphatic carbocycles. The lowest BCUT2D eigenvalue weighted by molar-refractivity contribution is -0.118. The van der Waals surface area contributed by atoms with Crippen molar-refractivity contribution in [1.29, 1.82) is 0 Å². The maximum Gasteiger partial charge on any atom is 0.252 e. The molecule has 2 N–H and O–H groups in total. The molecule has 0 spiro atoms. The van der Waals surface area contributed by atoms with Crippen LogP contribution in [0.3, 0.4) is 0 Å². The molecule has 5 heteroatoms. The number of benzene rings is 2. The highest BCUT2D eigenvalue weighted by Gasteiger charge is 2.23. The Kier molecular flexibility index (Phi) is 6.88. The van der Waals surface area contributed by atoms with Crippen LogP contribution in [0, 0.1) is 12.8 Å². The molecule has 2 rings (SSSR count). The molecular weight excluding hydrogens is 340 g/mol. The number of amides is 2. The molecule has 0 bridgehead atoms. The summed E-state index contributed by atoms with van der Waals surface area (Å²) < 4.78 is 0. The molecule has 0 aliphatic rings. The van der Waals surface area contributed by atoms with Gasteiger partial charge in [-0.25, -0.2) is 0 Å². The summed E-state index contributed by atoms with van der Waals surface area (Å²) in [5.41, 5.74) is 2.59. The topological polar surface area (TPSA) is 75.3 Å². The molecule has 0 fully saturated rings. The molecule has 142 valence electrons. The van der Waals surface area contributed by atoms with Gasteiger partial charge in [0.2, 0.25) is 5.91 Å². The molecule has 2 amide bonds. The number of anilines is 1. The Morgan fingerprint density at radius 2 is 1.59 bits per heavy atom. The van der Waals surface area contributed by atoms with Crippen molar-refractivity contribution in [2.45, 2.75) is 40.2 Å². The Morgan fingerprint density at radius 1 is 0.963 bits per heavy atom. The van der Waals surface area contributed by atoms with E-state index in [2.05, 4.69) is 10.6 Å². The van der Waals surface area contributed by atoms with Crippen LogP contribution in [0.25, 0.3) is 0 Å². The van der Waals surface area contributed by atoms with E-state index in [4.69, 9.17) is 0 Å². The summed E-state index contributed by atoms with van der Waals surface area (Å²) in [5, 5.41) is 5.67. The fourth-order valence-electron chi connectivity index (χ4n) is 2.78. The number of Topliss-reactive ketones (excluding diaryl/α,β-unsaturated/α-hetero) is 1. The van der Waals surface area contributed by atoms with Crippen molar-refractivity contribution in [3.8, 4) is 0 Å². The van der Waals surface area contributed by atoms with E-state index in [1.165, 1.54) is 6.92 Å². The first-order valence-corrected chi connectivity index (χ1v) is 9.06. The molecule has 0 heterocycles. The molecule has 0 saturated heterocycles. The quantitative estimate of drug-likeness (QED) is 0.728. The monoisotopic (exact) mass is 366 g/mol. The van der Waals surface area contributed by atoms with Gasteiger partial charge in [0, 0.05) is 16.8 Å². The number of carbonyl (C=O) groups is 3. The maximum absolute atomic E-state index is 12.7. The molecular formula is C22H26N2O3. The van der Waals surface area contributed by atoms with Crippen molar-refractivity contribution in [2.24, 2.45) is 5.92 Å².